The Hall–Kier alpha value is -0.120. The first kappa shape index (κ1) is 13.5. The molecule has 0 aromatic carbocycles. The first-order chi connectivity index (χ1) is 9.83. The standard InChI is InChI=1S/C17H30N2O/c1-2-9-17(8-1)10-7-16(20-17)13-19-11-3-4-15(19)12-18-14-5-6-14/h14-16,18H,1-13H2. The second-order valence-corrected chi connectivity index (χ2v) is 7.64. The van der Waals surface area contributed by atoms with Gasteiger partial charge in [0.2, 0.25) is 0 Å². The van der Waals surface area contributed by atoms with Crippen molar-refractivity contribution in [1.82, 2.24) is 10.2 Å². The van der Waals surface area contributed by atoms with Gasteiger partial charge < -0.3 is 10.1 Å². The Bertz CT molecular complexity index is 336. The smallest absolute Gasteiger partial charge is 0.0710 e. The van der Waals surface area contributed by atoms with Gasteiger partial charge in [-0.15, -0.1) is 0 Å². The number of nitrogens with one attached hydrogen (secondary N) is 1. The average molecular weight is 278 g/mol. The van der Waals surface area contributed by atoms with E-state index in [0.29, 0.717) is 11.7 Å². The molecule has 4 aliphatic rings. The fraction of sp³-hybridized carbons (Fsp3) is 1.00. The van der Waals surface area contributed by atoms with Crippen LogP contribution in [0.4, 0.5) is 0 Å². The highest BCUT2D eigenvalue weighted by Gasteiger charge is 2.43. The molecule has 3 heteroatoms. The van der Waals surface area contributed by atoms with Gasteiger partial charge in [0, 0.05) is 25.2 Å². The van der Waals surface area contributed by atoms with Crippen molar-refractivity contribution in [3.63, 3.8) is 0 Å². The maximum absolute atomic E-state index is 6.50. The topological polar surface area (TPSA) is 24.5 Å². The monoisotopic (exact) mass is 278 g/mol. The molecule has 1 spiro atoms. The zero-order chi connectivity index (χ0) is 13.4. The summed E-state index contributed by atoms with van der Waals surface area (Å²) in [7, 11) is 0. The SMILES string of the molecule is C1CC(CNC2CC2)N(CC2CCC3(CCCC3)O2)C1. The number of hydrogen-bond acceptors (Lipinski definition) is 3. The Morgan fingerprint density at radius 2 is 1.85 bits per heavy atom. The van der Waals surface area contributed by atoms with Gasteiger partial charge >= 0.3 is 0 Å². The third-order valence-electron chi connectivity index (χ3n) is 6.01. The van der Waals surface area contributed by atoms with E-state index in [1.165, 1.54) is 83.8 Å². The van der Waals surface area contributed by atoms with Crippen LogP contribution in [0.3, 0.4) is 0 Å². The predicted molar refractivity (Wildman–Crippen MR) is 80.9 cm³/mol. The molecule has 4 rings (SSSR count). The summed E-state index contributed by atoms with van der Waals surface area (Å²) in [4.78, 5) is 2.72. The van der Waals surface area contributed by atoms with Crippen LogP contribution >= 0.6 is 0 Å². The van der Waals surface area contributed by atoms with Crippen molar-refractivity contribution in [1.29, 1.82) is 0 Å². The van der Waals surface area contributed by atoms with Gasteiger partial charge in [-0.1, -0.05) is 12.8 Å². The molecule has 2 aliphatic carbocycles. The van der Waals surface area contributed by atoms with Crippen LogP contribution in [0.15, 0.2) is 0 Å². The quantitative estimate of drug-likeness (QED) is 0.837. The van der Waals surface area contributed by atoms with E-state index in [2.05, 4.69) is 10.2 Å². The molecule has 1 N–H and O–H groups in total. The maximum Gasteiger partial charge on any atom is 0.0710 e. The van der Waals surface area contributed by atoms with Crippen molar-refractivity contribution in [3.8, 4) is 0 Å². The van der Waals surface area contributed by atoms with E-state index in [1.54, 1.807) is 0 Å². The zero-order valence-corrected chi connectivity index (χ0v) is 12.8. The molecular weight excluding hydrogens is 248 g/mol. The van der Waals surface area contributed by atoms with Gasteiger partial charge in [-0.2, -0.15) is 0 Å². The highest BCUT2D eigenvalue weighted by atomic mass is 16.5. The first-order valence-corrected chi connectivity index (χ1v) is 8.98. The van der Waals surface area contributed by atoms with Gasteiger partial charge in [-0.3, -0.25) is 4.90 Å². The lowest BCUT2D eigenvalue weighted by atomic mass is 9.98. The Morgan fingerprint density at radius 3 is 2.65 bits per heavy atom. The Kier molecular flexibility index (Phi) is 3.78. The molecule has 0 bridgehead atoms. The normalized spacial score (nSPS) is 37.2. The number of rotatable bonds is 5. The minimum atomic E-state index is 0.312. The summed E-state index contributed by atoms with van der Waals surface area (Å²) < 4.78 is 6.50. The first-order valence-electron chi connectivity index (χ1n) is 8.98. The van der Waals surface area contributed by atoms with Crippen LogP contribution in [0.5, 0.6) is 0 Å². The summed E-state index contributed by atoms with van der Waals surface area (Å²) >= 11 is 0. The molecule has 4 fully saturated rings. The second kappa shape index (κ2) is 5.58. The largest absolute Gasteiger partial charge is 0.370 e. The van der Waals surface area contributed by atoms with Crippen LogP contribution in [0.1, 0.15) is 64.2 Å². The molecule has 114 valence electrons. The van der Waals surface area contributed by atoms with Crippen LogP contribution in [0.2, 0.25) is 0 Å². The van der Waals surface area contributed by atoms with Crippen LogP contribution in [-0.2, 0) is 4.74 Å². The molecule has 2 saturated heterocycles. The Balaban J connectivity index is 1.27. The lowest BCUT2D eigenvalue weighted by Crippen LogP contribution is -2.42. The molecule has 2 unspecified atom stereocenters. The molecule has 0 radical (unpaired) electrons. The van der Waals surface area contributed by atoms with Crippen molar-refractivity contribution < 1.29 is 4.74 Å². The summed E-state index contributed by atoms with van der Waals surface area (Å²) in [5.41, 5.74) is 0.312. The molecule has 20 heavy (non-hydrogen) atoms. The number of ether oxygens (including phenoxy) is 1. The molecule has 0 amide bonds. The maximum atomic E-state index is 6.50. The molecule has 0 aromatic rings. The summed E-state index contributed by atoms with van der Waals surface area (Å²) in [5, 5.41) is 3.72. The van der Waals surface area contributed by atoms with Crippen LogP contribution in [0, 0.1) is 0 Å². The molecular formula is C17H30N2O. The zero-order valence-electron chi connectivity index (χ0n) is 12.8. The van der Waals surface area contributed by atoms with E-state index in [1.807, 2.05) is 0 Å². The van der Waals surface area contributed by atoms with Gasteiger partial charge in [0.25, 0.3) is 0 Å². The molecule has 2 aliphatic heterocycles. The van der Waals surface area contributed by atoms with Crippen LogP contribution in [0.25, 0.3) is 0 Å². The van der Waals surface area contributed by atoms with Gasteiger partial charge in [0.15, 0.2) is 0 Å². The lowest BCUT2D eigenvalue weighted by Gasteiger charge is -2.29. The van der Waals surface area contributed by atoms with Crippen molar-refractivity contribution in [2.75, 3.05) is 19.6 Å². The summed E-state index contributed by atoms with van der Waals surface area (Å²) in [5.74, 6) is 0. The summed E-state index contributed by atoms with van der Waals surface area (Å²) in [6.07, 6.45) is 14.2. The van der Waals surface area contributed by atoms with E-state index in [-0.39, 0.29) is 0 Å². The fourth-order valence-electron chi connectivity index (χ4n) is 4.63. The Morgan fingerprint density at radius 1 is 1.00 bits per heavy atom. The summed E-state index contributed by atoms with van der Waals surface area (Å²) in [6.45, 7) is 3.70. The Labute approximate surface area is 123 Å². The van der Waals surface area contributed by atoms with Gasteiger partial charge in [-0.25, -0.2) is 0 Å². The number of likely N-dealkylation sites (tertiary alicyclic amines) is 1. The number of hydrogen-bond donors (Lipinski definition) is 1. The third kappa shape index (κ3) is 2.90. The molecule has 2 atom stereocenters. The van der Waals surface area contributed by atoms with Gasteiger partial charge in [0.1, 0.15) is 0 Å². The van der Waals surface area contributed by atoms with E-state index >= 15 is 0 Å². The van der Waals surface area contributed by atoms with Crippen molar-refractivity contribution >= 4 is 0 Å². The highest BCUT2D eigenvalue weighted by molar-refractivity contribution is 4.95. The molecule has 3 nitrogen and oxygen atoms in total. The fourth-order valence-corrected chi connectivity index (χ4v) is 4.63. The van der Waals surface area contributed by atoms with Crippen molar-refractivity contribution in [2.24, 2.45) is 0 Å². The third-order valence-corrected chi connectivity index (χ3v) is 6.01. The van der Waals surface area contributed by atoms with Crippen LogP contribution < -0.4 is 5.32 Å². The van der Waals surface area contributed by atoms with E-state index in [9.17, 15) is 0 Å². The van der Waals surface area contributed by atoms with Crippen LogP contribution in [-0.4, -0.2) is 48.3 Å². The van der Waals surface area contributed by atoms with Crippen molar-refractivity contribution in [3.05, 3.63) is 0 Å². The summed E-state index contributed by atoms with van der Waals surface area (Å²) in [6, 6.07) is 1.63. The van der Waals surface area contributed by atoms with E-state index in [4.69, 9.17) is 4.74 Å². The predicted octanol–water partition coefficient (Wildman–Crippen LogP) is 2.69. The highest BCUT2D eigenvalue weighted by Crippen LogP contribution is 2.43. The van der Waals surface area contributed by atoms with Gasteiger partial charge in [-0.05, 0) is 57.9 Å². The average Bonchev–Trinajstić information content (AvgIpc) is 2.88. The lowest BCUT2D eigenvalue weighted by molar-refractivity contribution is -0.0483. The van der Waals surface area contributed by atoms with E-state index < -0.39 is 0 Å². The van der Waals surface area contributed by atoms with Crippen molar-refractivity contribution in [2.45, 2.75) is 88.0 Å². The number of nitrogens with zero attached hydrogens (tertiary/aromatic N) is 1. The van der Waals surface area contributed by atoms with E-state index in [0.717, 1.165) is 12.1 Å². The van der Waals surface area contributed by atoms with Gasteiger partial charge in [0.05, 0.1) is 11.7 Å². The minimum Gasteiger partial charge on any atom is -0.370 e. The second-order valence-electron chi connectivity index (χ2n) is 7.64. The molecule has 0 aromatic heterocycles. The molecule has 2 heterocycles. The molecule has 2 saturated carbocycles. The minimum absolute atomic E-state index is 0.312.